The van der Waals surface area contributed by atoms with Crippen LogP contribution >= 0.6 is 23.1 Å². The van der Waals surface area contributed by atoms with Gasteiger partial charge in [-0.25, -0.2) is 4.98 Å². The van der Waals surface area contributed by atoms with Gasteiger partial charge >= 0.3 is 0 Å². The van der Waals surface area contributed by atoms with Crippen molar-refractivity contribution in [2.75, 3.05) is 5.32 Å². The van der Waals surface area contributed by atoms with Crippen LogP contribution in [0, 0.1) is 5.92 Å². The average Bonchev–Trinajstić information content (AvgIpc) is 3.17. The molecular weight excluding hydrogens is 278 g/mol. The van der Waals surface area contributed by atoms with E-state index in [1.807, 2.05) is 12.1 Å². The summed E-state index contributed by atoms with van der Waals surface area (Å²) >= 11 is 7.40. The first kappa shape index (κ1) is 12.9. The third-order valence-corrected chi connectivity index (χ3v) is 4.32. The van der Waals surface area contributed by atoms with Crippen LogP contribution in [-0.4, -0.2) is 9.36 Å². The van der Waals surface area contributed by atoms with Crippen molar-refractivity contribution in [3.8, 4) is 0 Å². The minimum absolute atomic E-state index is 0.329. The van der Waals surface area contributed by atoms with E-state index >= 15 is 0 Å². The Morgan fingerprint density at radius 2 is 2.11 bits per heavy atom. The van der Waals surface area contributed by atoms with Gasteiger partial charge in [0.25, 0.3) is 0 Å². The molecule has 1 aliphatic rings. The highest BCUT2D eigenvalue weighted by molar-refractivity contribution is 7.09. The Bertz CT molecular complexity index is 548. The van der Waals surface area contributed by atoms with E-state index in [0.29, 0.717) is 12.0 Å². The number of nitrogens with one attached hydrogen (secondary N) is 1. The van der Waals surface area contributed by atoms with Crippen molar-refractivity contribution >= 4 is 28.3 Å². The van der Waals surface area contributed by atoms with Gasteiger partial charge in [0.2, 0.25) is 5.13 Å². The summed E-state index contributed by atoms with van der Waals surface area (Å²) < 4.78 is 4.32. The lowest BCUT2D eigenvalue weighted by molar-refractivity contribution is 0.677. The zero-order chi connectivity index (χ0) is 13.2. The number of benzene rings is 1. The second-order valence-electron chi connectivity index (χ2n) is 4.88. The van der Waals surface area contributed by atoms with Gasteiger partial charge in [-0.05, 0) is 36.5 Å². The van der Waals surface area contributed by atoms with Gasteiger partial charge in [0.1, 0.15) is 5.82 Å². The Kier molecular flexibility index (Phi) is 3.71. The summed E-state index contributed by atoms with van der Waals surface area (Å²) in [4.78, 5) is 4.49. The highest BCUT2D eigenvalue weighted by Gasteiger charge is 2.32. The van der Waals surface area contributed by atoms with Crippen LogP contribution in [0.5, 0.6) is 0 Å². The molecule has 1 aliphatic carbocycles. The Morgan fingerprint density at radius 1 is 1.37 bits per heavy atom. The smallest absolute Gasteiger partial charge is 0.203 e. The number of hydrogen-bond acceptors (Lipinski definition) is 4. The molecule has 1 aromatic carbocycles. The molecule has 3 rings (SSSR count). The predicted octanol–water partition coefficient (Wildman–Crippen LogP) is 4.32. The van der Waals surface area contributed by atoms with Gasteiger partial charge in [0, 0.05) is 23.0 Å². The van der Waals surface area contributed by atoms with Gasteiger partial charge in [-0.1, -0.05) is 30.7 Å². The largest absolute Gasteiger partial charge is 0.353 e. The summed E-state index contributed by atoms with van der Waals surface area (Å²) in [6.07, 6.45) is 3.44. The van der Waals surface area contributed by atoms with E-state index in [4.69, 9.17) is 11.6 Å². The number of aromatic nitrogens is 2. The van der Waals surface area contributed by atoms with Crippen LogP contribution in [0.25, 0.3) is 0 Å². The number of hydrogen-bond donors (Lipinski definition) is 1. The Labute approximate surface area is 122 Å². The van der Waals surface area contributed by atoms with E-state index in [1.165, 1.54) is 29.9 Å². The SMILES string of the molecule is CCc1nsc(NC(c2ccc(Cl)cc2)C2CC2)n1. The van der Waals surface area contributed by atoms with Gasteiger partial charge in [-0.2, -0.15) is 4.37 Å². The fraction of sp³-hybridized carbons (Fsp3) is 0.429. The van der Waals surface area contributed by atoms with Crippen LogP contribution in [0.2, 0.25) is 5.02 Å². The lowest BCUT2D eigenvalue weighted by Crippen LogP contribution is -2.12. The van der Waals surface area contributed by atoms with Crippen molar-refractivity contribution in [3.05, 3.63) is 40.7 Å². The van der Waals surface area contributed by atoms with Crippen LogP contribution in [0.3, 0.4) is 0 Å². The van der Waals surface area contributed by atoms with Crippen LogP contribution < -0.4 is 5.32 Å². The van der Waals surface area contributed by atoms with Crippen molar-refractivity contribution in [1.29, 1.82) is 0 Å². The minimum atomic E-state index is 0.329. The summed E-state index contributed by atoms with van der Waals surface area (Å²) in [5.41, 5.74) is 1.28. The quantitative estimate of drug-likeness (QED) is 0.892. The average molecular weight is 294 g/mol. The van der Waals surface area contributed by atoms with Crippen molar-refractivity contribution < 1.29 is 0 Å². The van der Waals surface area contributed by atoms with E-state index in [9.17, 15) is 0 Å². The molecule has 2 aromatic rings. The van der Waals surface area contributed by atoms with Gasteiger partial charge in [-0.3, -0.25) is 0 Å². The van der Waals surface area contributed by atoms with Crippen molar-refractivity contribution in [2.24, 2.45) is 5.92 Å². The first-order valence-electron chi connectivity index (χ1n) is 6.61. The second-order valence-corrected chi connectivity index (χ2v) is 6.07. The van der Waals surface area contributed by atoms with Crippen molar-refractivity contribution in [2.45, 2.75) is 32.2 Å². The normalized spacial score (nSPS) is 16.3. The lowest BCUT2D eigenvalue weighted by atomic mass is 10.0. The number of halogens is 1. The predicted molar refractivity (Wildman–Crippen MR) is 79.8 cm³/mol. The molecule has 100 valence electrons. The molecule has 0 saturated heterocycles. The van der Waals surface area contributed by atoms with E-state index in [2.05, 4.69) is 33.7 Å². The highest BCUT2D eigenvalue weighted by Crippen LogP contribution is 2.43. The number of nitrogens with zero attached hydrogens (tertiary/aromatic N) is 2. The van der Waals surface area contributed by atoms with E-state index in [1.54, 1.807) is 0 Å². The summed E-state index contributed by atoms with van der Waals surface area (Å²) in [7, 11) is 0. The zero-order valence-corrected chi connectivity index (χ0v) is 12.3. The second kappa shape index (κ2) is 5.47. The maximum atomic E-state index is 5.95. The van der Waals surface area contributed by atoms with Crippen LogP contribution in [0.15, 0.2) is 24.3 Å². The maximum Gasteiger partial charge on any atom is 0.203 e. The van der Waals surface area contributed by atoms with E-state index in [-0.39, 0.29) is 0 Å². The first-order chi connectivity index (χ1) is 9.26. The molecule has 1 atom stereocenters. The molecule has 0 radical (unpaired) electrons. The summed E-state index contributed by atoms with van der Waals surface area (Å²) in [6.45, 7) is 2.07. The third kappa shape index (κ3) is 3.07. The number of aryl methyl sites for hydroxylation is 1. The van der Waals surface area contributed by atoms with Crippen LogP contribution in [-0.2, 0) is 6.42 Å². The molecule has 1 heterocycles. The van der Waals surface area contributed by atoms with Gasteiger partial charge in [-0.15, -0.1) is 0 Å². The molecule has 5 heteroatoms. The molecule has 19 heavy (non-hydrogen) atoms. The molecule has 1 unspecified atom stereocenters. The topological polar surface area (TPSA) is 37.8 Å². The third-order valence-electron chi connectivity index (χ3n) is 3.39. The molecule has 0 amide bonds. The molecule has 3 nitrogen and oxygen atoms in total. The van der Waals surface area contributed by atoms with Gasteiger partial charge in [0.15, 0.2) is 0 Å². The Balaban J connectivity index is 1.79. The van der Waals surface area contributed by atoms with Gasteiger partial charge < -0.3 is 5.32 Å². The molecule has 1 aromatic heterocycles. The maximum absolute atomic E-state index is 5.95. The molecule has 1 N–H and O–H groups in total. The summed E-state index contributed by atoms with van der Waals surface area (Å²) in [5.74, 6) is 1.62. The minimum Gasteiger partial charge on any atom is -0.353 e. The fourth-order valence-corrected chi connectivity index (χ4v) is 2.98. The molecule has 0 spiro atoms. The molecule has 0 aliphatic heterocycles. The standard InChI is InChI=1S/C14H16ClN3S/c1-2-12-16-14(19-18-12)17-13(9-3-4-9)10-5-7-11(15)8-6-10/h5-9,13H,2-4H2,1H3,(H,16,17,18). The fourth-order valence-electron chi connectivity index (χ4n) is 2.16. The van der Waals surface area contributed by atoms with E-state index < -0.39 is 0 Å². The van der Waals surface area contributed by atoms with E-state index in [0.717, 1.165) is 22.4 Å². The van der Waals surface area contributed by atoms with Crippen LogP contribution in [0.4, 0.5) is 5.13 Å². The Morgan fingerprint density at radius 3 is 2.68 bits per heavy atom. The highest BCUT2D eigenvalue weighted by atomic mass is 35.5. The van der Waals surface area contributed by atoms with Crippen molar-refractivity contribution in [3.63, 3.8) is 0 Å². The molecular formula is C14H16ClN3S. The molecule has 1 fully saturated rings. The molecule has 1 saturated carbocycles. The molecule has 0 bridgehead atoms. The summed E-state index contributed by atoms with van der Waals surface area (Å²) in [6, 6.07) is 8.42. The van der Waals surface area contributed by atoms with Crippen molar-refractivity contribution in [1.82, 2.24) is 9.36 Å². The lowest BCUT2D eigenvalue weighted by Gasteiger charge is -2.17. The van der Waals surface area contributed by atoms with Crippen LogP contribution in [0.1, 0.15) is 37.2 Å². The number of anilines is 1. The number of rotatable bonds is 5. The summed E-state index contributed by atoms with van der Waals surface area (Å²) in [5, 5.41) is 5.23. The van der Waals surface area contributed by atoms with Gasteiger partial charge in [0.05, 0.1) is 6.04 Å². The Hall–Kier alpha value is -1.13. The monoisotopic (exact) mass is 293 g/mol. The zero-order valence-electron chi connectivity index (χ0n) is 10.8. The first-order valence-corrected chi connectivity index (χ1v) is 7.76.